The van der Waals surface area contributed by atoms with Crippen LogP contribution in [0.2, 0.25) is 0 Å². The summed E-state index contributed by atoms with van der Waals surface area (Å²) in [6.07, 6.45) is 3.08. The fraction of sp³-hybridized carbons (Fsp3) is 0.381. The first-order chi connectivity index (χ1) is 14.4. The lowest BCUT2D eigenvalue weighted by Crippen LogP contribution is -2.48. The Hall–Kier alpha value is -3.41. The number of carbonyl (C=O) groups is 1. The van der Waals surface area contributed by atoms with Crippen molar-refractivity contribution in [2.45, 2.75) is 38.5 Å². The van der Waals surface area contributed by atoms with Crippen LogP contribution in [0, 0.1) is 11.3 Å². The molecule has 0 spiro atoms. The van der Waals surface area contributed by atoms with Crippen molar-refractivity contribution in [3.8, 4) is 11.8 Å². The molecule has 1 fully saturated rings. The van der Waals surface area contributed by atoms with E-state index in [4.69, 9.17) is 5.26 Å². The molecule has 7 nitrogen and oxygen atoms in total. The highest BCUT2D eigenvalue weighted by Crippen LogP contribution is 2.21. The number of anilines is 1. The summed E-state index contributed by atoms with van der Waals surface area (Å²) < 4.78 is 29.1. The summed E-state index contributed by atoms with van der Waals surface area (Å²) in [6, 6.07) is 11.2. The second-order valence-electron chi connectivity index (χ2n) is 7.07. The molecule has 158 valence electrons. The van der Waals surface area contributed by atoms with E-state index in [-0.39, 0.29) is 23.9 Å². The number of nitrogens with zero attached hydrogens (tertiary/aromatic N) is 3. The van der Waals surface area contributed by atoms with Crippen molar-refractivity contribution in [2.75, 3.05) is 18.0 Å². The predicted molar refractivity (Wildman–Crippen MR) is 107 cm³/mol. The van der Waals surface area contributed by atoms with Crippen molar-refractivity contribution in [2.24, 2.45) is 0 Å². The highest BCUT2D eigenvalue weighted by molar-refractivity contribution is 5.74. The molecule has 1 aromatic carbocycles. The molecule has 0 aliphatic carbocycles. The minimum absolute atomic E-state index is 0.0281. The van der Waals surface area contributed by atoms with Gasteiger partial charge in [0.05, 0.1) is 11.6 Å². The smallest absolute Gasteiger partial charge is 0.387 e. The Bertz CT molecular complexity index is 893. The standard InChI is InChI=1S/C21H23F2N5O2/c1-14(16-3-2-4-18(11-16)30-20(22)23)26-21(29)27-17-7-9-28(10-8-17)19-6-5-15(12-24)13-25-19/h2-6,11,13-14,17,20H,7-10H2,1H3,(H2,26,27,29). The number of ether oxygens (including phenoxy) is 1. The van der Waals surface area contributed by atoms with Crippen LogP contribution < -0.4 is 20.3 Å². The van der Waals surface area contributed by atoms with Crippen LogP contribution in [0.5, 0.6) is 5.75 Å². The van der Waals surface area contributed by atoms with Crippen LogP contribution in [0.3, 0.4) is 0 Å². The van der Waals surface area contributed by atoms with Gasteiger partial charge in [-0.1, -0.05) is 12.1 Å². The van der Waals surface area contributed by atoms with E-state index < -0.39 is 6.61 Å². The van der Waals surface area contributed by atoms with Crippen molar-refractivity contribution in [3.63, 3.8) is 0 Å². The lowest BCUT2D eigenvalue weighted by molar-refractivity contribution is -0.0499. The average Bonchev–Trinajstić information content (AvgIpc) is 2.74. The number of nitriles is 1. The van der Waals surface area contributed by atoms with E-state index in [1.807, 2.05) is 12.1 Å². The van der Waals surface area contributed by atoms with Gasteiger partial charge in [-0.15, -0.1) is 0 Å². The number of urea groups is 1. The molecule has 1 unspecified atom stereocenters. The van der Waals surface area contributed by atoms with E-state index in [0.717, 1.165) is 31.7 Å². The zero-order valence-electron chi connectivity index (χ0n) is 16.5. The molecule has 2 heterocycles. The minimum Gasteiger partial charge on any atom is -0.435 e. The number of hydrogen-bond donors (Lipinski definition) is 2. The Labute approximate surface area is 173 Å². The van der Waals surface area contributed by atoms with Gasteiger partial charge in [0.2, 0.25) is 0 Å². The van der Waals surface area contributed by atoms with Crippen LogP contribution in [0.15, 0.2) is 42.6 Å². The number of pyridine rings is 1. The number of piperidine rings is 1. The molecule has 0 radical (unpaired) electrons. The number of hydrogen-bond acceptors (Lipinski definition) is 5. The molecule has 30 heavy (non-hydrogen) atoms. The first-order valence-electron chi connectivity index (χ1n) is 9.67. The normalized spacial score (nSPS) is 15.4. The van der Waals surface area contributed by atoms with E-state index in [1.54, 1.807) is 31.3 Å². The average molecular weight is 415 g/mol. The fourth-order valence-electron chi connectivity index (χ4n) is 3.36. The Kier molecular flexibility index (Phi) is 7.01. The van der Waals surface area contributed by atoms with E-state index >= 15 is 0 Å². The van der Waals surface area contributed by atoms with Gasteiger partial charge < -0.3 is 20.3 Å². The number of amides is 2. The molecular formula is C21H23F2N5O2. The maximum Gasteiger partial charge on any atom is 0.387 e. The lowest BCUT2D eigenvalue weighted by Gasteiger charge is -2.33. The number of rotatable bonds is 6. The van der Waals surface area contributed by atoms with Gasteiger partial charge in [0.1, 0.15) is 17.6 Å². The van der Waals surface area contributed by atoms with Gasteiger partial charge in [-0.2, -0.15) is 14.0 Å². The Morgan fingerprint density at radius 2 is 2.07 bits per heavy atom. The quantitative estimate of drug-likeness (QED) is 0.753. The van der Waals surface area contributed by atoms with Crippen molar-refractivity contribution < 1.29 is 18.3 Å². The van der Waals surface area contributed by atoms with Crippen molar-refractivity contribution in [1.29, 1.82) is 5.26 Å². The third-order valence-electron chi connectivity index (χ3n) is 4.96. The Balaban J connectivity index is 1.47. The number of nitrogens with one attached hydrogen (secondary N) is 2. The van der Waals surface area contributed by atoms with Crippen molar-refractivity contribution in [1.82, 2.24) is 15.6 Å². The highest BCUT2D eigenvalue weighted by Gasteiger charge is 2.22. The molecule has 2 aromatic rings. The van der Waals surface area contributed by atoms with Crippen LogP contribution in [0.4, 0.5) is 19.4 Å². The molecule has 1 aliphatic rings. The molecule has 2 amide bonds. The van der Waals surface area contributed by atoms with Crippen molar-refractivity contribution >= 4 is 11.8 Å². The molecule has 1 saturated heterocycles. The summed E-state index contributed by atoms with van der Waals surface area (Å²) >= 11 is 0. The maximum atomic E-state index is 12.4. The zero-order valence-corrected chi connectivity index (χ0v) is 16.5. The summed E-state index contributed by atoms with van der Waals surface area (Å²) in [6.45, 7) is 0.371. The Morgan fingerprint density at radius 3 is 2.70 bits per heavy atom. The summed E-state index contributed by atoms with van der Waals surface area (Å²) in [7, 11) is 0. The zero-order chi connectivity index (χ0) is 21.5. The Morgan fingerprint density at radius 1 is 1.30 bits per heavy atom. The molecule has 0 bridgehead atoms. The van der Waals surface area contributed by atoms with E-state index in [2.05, 4.69) is 25.3 Å². The van der Waals surface area contributed by atoms with E-state index in [0.29, 0.717) is 11.1 Å². The molecule has 3 rings (SSSR count). The van der Waals surface area contributed by atoms with Gasteiger partial charge in [-0.3, -0.25) is 0 Å². The van der Waals surface area contributed by atoms with Crippen LogP contribution >= 0.6 is 0 Å². The summed E-state index contributed by atoms with van der Waals surface area (Å²) in [5, 5.41) is 14.6. The summed E-state index contributed by atoms with van der Waals surface area (Å²) in [5.74, 6) is 0.872. The maximum absolute atomic E-state index is 12.4. The summed E-state index contributed by atoms with van der Waals surface area (Å²) in [5.41, 5.74) is 1.19. The van der Waals surface area contributed by atoms with E-state index in [9.17, 15) is 13.6 Å². The first kappa shape index (κ1) is 21.3. The fourth-order valence-corrected chi connectivity index (χ4v) is 3.36. The number of benzene rings is 1. The SMILES string of the molecule is CC(NC(=O)NC1CCN(c2ccc(C#N)cn2)CC1)c1cccc(OC(F)F)c1. The highest BCUT2D eigenvalue weighted by atomic mass is 19.3. The van der Waals surface area contributed by atoms with Gasteiger partial charge >= 0.3 is 12.6 Å². The number of carbonyl (C=O) groups excluding carboxylic acids is 1. The molecule has 2 N–H and O–H groups in total. The van der Waals surface area contributed by atoms with Gasteiger partial charge in [0, 0.05) is 25.3 Å². The minimum atomic E-state index is -2.89. The van der Waals surface area contributed by atoms with Gasteiger partial charge in [-0.05, 0) is 49.6 Å². The third kappa shape index (κ3) is 5.80. The molecule has 1 aromatic heterocycles. The second kappa shape index (κ2) is 9.87. The van der Waals surface area contributed by atoms with Gasteiger partial charge in [-0.25, -0.2) is 9.78 Å². The van der Waals surface area contributed by atoms with Crippen LogP contribution in [0.1, 0.15) is 36.9 Å². The predicted octanol–water partition coefficient (Wildman–Crippen LogP) is 3.58. The van der Waals surface area contributed by atoms with E-state index in [1.165, 1.54) is 12.1 Å². The molecule has 9 heteroatoms. The van der Waals surface area contributed by atoms with Gasteiger partial charge in [0.15, 0.2) is 0 Å². The molecular weight excluding hydrogens is 392 g/mol. The monoisotopic (exact) mass is 415 g/mol. The first-order valence-corrected chi connectivity index (χ1v) is 9.67. The molecule has 0 saturated carbocycles. The topological polar surface area (TPSA) is 90.3 Å². The number of halogens is 2. The molecule has 1 aliphatic heterocycles. The second-order valence-corrected chi connectivity index (χ2v) is 7.07. The van der Waals surface area contributed by atoms with Crippen molar-refractivity contribution in [3.05, 3.63) is 53.7 Å². The largest absolute Gasteiger partial charge is 0.435 e. The molecule has 1 atom stereocenters. The lowest BCUT2D eigenvalue weighted by atomic mass is 10.0. The number of alkyl halides is 2. The third-order valence-corrected chi connectivity index (χ3v) is 4.96. The van der Waals surface area contributed by atoms with Crippen LogP contribution in [-0.2, 0) is 0 Å². The van der Waals surface area contributed by atoms with Crippen LogP contribution in [0.25, 0.3) is 0 Å². The van der Waals surface area contributed by atoms with Gasteiger partial charge in [0.25, 0.3) is 0 Å². The summed E-state index contributed by atoms with van der Waals surface area (Å²) in [4.78, 5) is 18.8. The van der Waals surface area contributed by atoms with Crippen LogP contribution in [-0.4, -0.2) is 36.8 Å². The number of aromatic nitrogens is 1.